The molecule has 144 valence electrons. The van der Waals surface area contributed by atoms with Crippen LogP contribution in [0.4, 0.5) is 0 Å². The van der Waals surface area contributed by atoms with Crippen LogP contribution in [0.1, 0.15) is 32.0 Å². The van der Waals surface area contributed by atoms with Crippen molar-refractivity contribution < 1.29 is 9.84 Å². The summed E-state index contributed by atoms with van der Waals surface area (Å²) < 4.78 is 8.12. The Hall–Kier alpha value is -2.85. The first kappa shape index (κ1) is 18.5. The van der Waals surface area contributed by atoms with Gasteiger partial charge in [-0.05, 0) is 30.0 Å². The predicted octanol–water partition coefficient (Wildman–Crippen LogP) is 5.14. The van der Waals surface area contributed by atoms with E-state index in [0.29, 0.717) is 12.5 Å². The summed E-state index contributed by atoms with van der Waals surface area (Å²) in [6.07, 6.45) is 0.380. The highest BCUT2D eigenvalue weighted by Gasteiger charge is 2.18. The van der Waals surface area contributed by atoms with Gasteiger partial charge in [-0.15, -0.1) is 0 Å². The van der Waals surface area contributed by atoms with Gasteiger partial charge in [-0.1, -0.05) is 62.4 Å². The molecule has 0 aliphatic rings. The molecule has 28 heavy (non-hydrogen) atoms. The molecule has 0 radical (unpaired) electrons. The lowest BCUT2D eigenvalue weighted by Crippen LogP contribution is -2.25. The molecule has 0 aliphatic heterocycles. The molecule has 1 heterocycles. The number of ether oxygens (including phenoxy) is 1. The summed E-state index contributed by atoms with van der Waals surface area (Å²) in [4.78, 5) is 4.81. The molecule has 4 nitrogen and oxygen atoms in total. The van der Waals surface area contributed by atoms with Gasteiger partial charge < -0.3 is 14.4 Å². The highest BCUT2D eigenvalue weighted by molar-refractivity contribution is 5.88. The summed E-state index contributed by atoms with van der Waals surface area (Å²) in [6, 6.07) is 22.2. The second-order valence-corrected chi connectivity index (χ2v) is 7.32. The molecular formula is C24H26N2O2. The van der Waals surface area contributed by atoms with E-state index in [1.165, 1.54) is 0 Å². The molecule has 2 atom stereocenters. The Morgan fingerprint density at radius 2 is 1.75 bits per heavy atom. The van der Waals surface area contributed by atoms with Gasteiger partial charge in [-0.2, -0.15) is 0 Å². The fraction of sp³-hybridized carbons (Fsp3) is 0.292. The van der Waals surface area contributed by atoms with Crippen molar-refractivity contribution >= 4 is 21.8 Å². The van der Waals surface area contributed by atoms with Crippen molar-refractivity contribution in [3.8, 4) is 5.75 Å². The molecule has 4 rings (SSSR count). The SMILES string of the molecule is CCC(C)c1nc2ccccc2n1CC(O)COc1cccc2ccccc12. The maximum atomic E-state index is 10.7. The lowest BCUT2D eigenvalue weighted by molar-refractivity contribution is 0.0932. The Bertz CT molecular complexity index is 1080. The molecule has 1 aromatic heterocycles. The lowest BCUT2D eigenvalue weighted by Gasteiger charge is -2.18. The molecule has 3 aromatic carbocycles. The van der Waals surface area contributed by atoms with Crippen LogP contribution in [-0.2, 0) is 6.54 Å². The minimum atomic E-state index is -0.626. The van der Waals surface area contributed by atoms with Crippen LogP contribution in [0.2, 0.25) is 0 Å². The van der Waals surface area contributed by atoms with Crippen LogP contribution in [0.3, 0.4) is 0 Å². The van der Waals surface area contributed by atoms with Gasteiger partial charge in [0.2, 0.25) is 0 Å². The van der Waals surface area contributed by atoms with Gasteiger partial charge in [0.15, 0.2) is 0 Å². The molecule has 0 fully saturated rings. The number of aliphatic hydroxyl groups excluding tert-OH is 1. The molecular weight excluding hydrogens is 348 g/mol. The maximum absolute atomic E-state index is 10.7. The number of aliphatic hydroxyl groups is 1. The molecule has 0 saturated carbocycles. The summed E-state index contributed by atoms with van der Waals surface area (Å²) in [6.45, 7) is 5.04. The van der Waals surface area contributed by atoms with Crippen LogP contribution < -0.4 is 4.74 Å². The molecule has 0 saturated heterocycles. The molecule has 2 unspecified atom stereocenters. The van der Waals surface area contributed by atoms with E-state index in [1.54, 1.807) is 0 Å². The fourth-order valence-corrected chi connectivity index (χ4v) is 3.62. The summed E-state index contributed by atoms with van der Waals surface area (Å²) in [7, 11) is 0. The monoisotopic (exact) mass is 374 g/mol. The quantitative estimate of drug-likeness (QED) is 0.487. The minimum absolute atomic E-state index is 0.237. The number of aromatic nitrogens is 2. The van der Waals surface area contributed by atoms with Crippen molar-refractivity contribution in [2.45, 2.75) is 38.8 Å². The van der Waals surface area contributed by atoms with Crippen LogP contribution in [-0.4, -0.2) is 27.4 Å². The molecule has 0 bridgehead atoms. The van der Waals surface area contributed by atoms with E-state index >= 15 is 0 Å². The van der Waals surface area contributed by atoms with E-state index in [4.69, 9.17) is 9.72 Å². The third kappa shape index (κ3) is 3.60. The largest absolute Gasteiger partial charge is 0.490 e. The number of fused-ring (bicyclic) bond motifs is 2. The second-order valence-electron chi connectivity index (χ2n) is 7.32. The van der Waals surface area contributed by atoms with Gasteiger partial charge in [0.1, 0.15) is 24.3 Å². The first-order chi connectivity index (χ1) is 13.7. The molecule has 4 heteroatoms. The van der Waals surface area contributed by atoms with Crippen molar-refractivity contribution in [3.63, 3.8) is 0 Å². The van der Waals surface area contributed by atoms with Crippen LogP contribution >= 0.6 is 0 Å². The van der Waals surface area contributed by atoms with Gasteiger partial charge in [-0.3, -0.25) is 0 Å². The summed E-state index contributed by atoms with van der Waals surface area (Å²) in [5.41, 5.74) is 2.03. The third-order valence-corrected chi connectivity index (χ3v) is 5.31. The summed E-state index contributed by atoms with van der Waals surface area (Å²) in [5.74, 6) is 2.15. The van der Waals surface area contributed by atoms with Crippen LogP contribution in [0.25, 0.3) is 21.8 Å². The number of para-hydroxylation sites is 2. The number of imidazole rings is 1. The average molecular weight is 374 g/mol. The highest BCUT2D eigenvalue weighted by atomic mass is 16.5. The maximum Gasteiger partial charge on any atom is 0.127 e. The minimum Gasteiger partial charge on any atom is -0.490 e. The first-order valence-corrected chi connectivity index (χ1v) is 9.91. The normalized spacial score (nSPS) is 13.7. The topological polar surface area (TPSA) is 47.3 Å². The molecule has 4 aromatic rings. The lowest BCUT2D eigenvalue weighted by atomic mass is 10.1. The van der Waals surface area contributed by atoms with E-state index < -0.39 is 6.10 Å². The smallest absolute Gasteiger partial charge is 0.127 e. The third-order valence-electron chi connectivity index (χ3n) is 5.31. The molecule has 1 N–H and O–H groups in total. The average Bonchev–Trinajstić information content (AvgIpc) is 3.10. The fourth-order valence-electron chi connectivity index (χ4n) is 3.62. The highest BCUT2D eigenvalue weighted by Crippen LogP contribution is 2.26. The van der Waals surface area contributed by atoms with Gasteiger partial charge >= 0.3 is 0 Å². The van der Waals surface area contributed by atoms with Crippen molar-refractivity contribution in [1.82, 2.24) is 9.55 Å². The Morgan fingerprint density at radius 1 is 1.00 bits per heavy atom. The van der Waals surface area contributed by atoms with Gasteiger partial charge in [-0.25, -0.2) is 4.98 Å². The zero-order chi connectivity index (χ0) is 19.5. The first-order valence-electron chi connectivity index (χ1n) is 9.91. The summed E-state index contributed by atoms with van der Waals surface area (Å²) in [5, 5.41) is 12.9. The predicted molar refractivity (Wildman–Crippen MR) is 114 cm³/mol. The Balaban J connectivity index is 1.54. The molecule has 0 spiro atoms. The standard InChI is InChI=1S/C24H26N2O2/c1-3-17(2)24-25-21-12-6-7-13-22(21)26(24)15-19(27)16-28-23-14-8-10-18-9-4-5-11-20(18)23/h4-14,17,19,27H,3,15-16H2,1-2H3. The van der Waals surface area contributed by atoms with E-state index in [2.05, 4.69) is 36.6 Å². The number of nitrogens with zero attached hydrogens (tertiary/aromatic N) is 2. The van der Waals surface area contributed by atoms with E-state index in [9.17, 15) is 5.11 Å². The van der Waals surface area contributed by atoms with Crippen molar-refractivity contribution in [1.29, 1.82) is 0 Å². The number of hydrogen-bond acceptors (Lipinski definition) is 3. The number of benzene rings is 3. The zero-order valence-corrected chi connectivity index (χ0v) is 16.4. The zero-order valence-electron chi connectivity index (χ0n) is 16.4. The Morgan fingerprint density at radius 3 is 2.61 bits per heavy atom. The number of hydrogen-bond donors (Lipinski definition) is 1. The second kappa shape index (κ2) is 8.03. The van der Waals surface area contributed by atoms with Crippen molar-refractivity contribution in [2.75, 3.05) is 6.61 Å². The Kier molecular flexibility index (Phi) is 5.31. The van der Waals surface area contributed by atoms with Gasteiger partial charge in [0.25, 0.3) is 0 Å². The number of rotatable bonds is 7. The van der Waals surface area contributed by atoms with Crippen LogP contribution in [0.15, 0.2) is 66.7 Å². The van der Waals surface area contributed by atoms with E-state index in [0.717, 1.165) is 39.8 Å². The van der Waals surface area contributed by atoms with E-state index in [1.807, 2.05) is 48.5 Å². The van der Waals surface area contributed by atoms with Gasteiger partial charge in [0.05, 0.1) is 17.6 Å². The Labute approximate surface area is 165 Å². The van der Waals surface area contributed by atoms with E-state index in [-0.39, 0.29) is 6.61 Å². The van der Waals surface area contributed by atoms with Crippen LogP contribution in [0.5, 0.6) is 5.75 Å². The molecule has 0 amide bonds. The summed E-state index contributed by atoms with van der Waals surface area (Å²) >= 11 is 0. The van der Waals surface area contributed by atoms with Gasteiger partial charge in [0, 0.05) is 11.3 Å². The van der Waals surface area contributed by atoms with Crippen LogP contribution in [0, 0.1) is 0 Å². The van der Waals surface area contributed by atoms with Crippen molar-refractivity contribution in [3.05, 3.63) is 72.6 Å². The van der Waals surface area contributed by atoms with Crippen molar-refractivity contribution in [2.24, 2.45) is 0 Å². The molecule has 0 aliphatic carbocycles.